The molecule has 0 saturated heterocycles. The number of carbonyl (C=O) groups excluding carboxylic acids is 1. The highest BCUT2D eigenvalue weighted by molar-refractivity contribution is 7.89. The molecule has 0 aliphatic rings. The standard InChI is InChI=1S/C23H20N2O3S/c24-29(27,28)22-14-12-20(13-15-22)17-25-23(26)21-11-5-10-19(16-21)9-4-8-18-6-2-1-3-7-18/h1-3,5-7,10-16H,8,17H2,(H,25,26)(H2,24,27,28). The molecule has 3 aromatic rings. The molecular formula is C23H20N2O3S. The third-order valence-corrected chi connectivity index (χ3v) is 5.13. The van der Waals surface area contributed by atoms with Gasteiger partial charge in [-0.3, -0.25) is 4.79 Å². The SMILES string of the molecule is NS(=O)(=O)c1ccc(CNC(=O)c2cccc(C#CCc3ccccc3)c2)cc1. The van der Waals surface area contributed by atoms with Crippen molar-refractivity contribution in [1.82, 2.24) is 5.32 Å². The van der Waals surface area contributed by atoms with Crippen LogP contribution >= 0.6 is 0 Å². The summed E-state index contributed by atoms with van der Waals surface area (Å²) < 4.78 is 22.6. The molecule has 0 bridgehead atoms. The maximum Gasteiger partial charge on any atom is 0.251 e. The highest BCUT2D eigenvalue weighted by atomic mass is 32.2. The number of amides is 1. The number of carbonyl (C=O) groups is 1. The number of nitrogens with two attached hydrogens (primary N) is 1. The molecule has 0 saturated carbocycles. The van der Waals surface area contributed by atoms with Gasteiger partial charge in [0.1, 0.15) is 0 Å². The van der Waals surface area contributed by atoms with Crippen LogP contribution in [-0.4, -0.2) is 14.3 Å². The summed E-state index contributed by atoms with van der Waals surface area (Å²) >= 11 is 0. The highest BCUT2D eigenvalue weighted by Gasteiger charge is 2.08. The van der Waals surface area contributed by atoms with Gasteiger partial charge in [0.05, 0.1) is 4.90 Å². The minimum atomic E-state index is -3.72. The molecule has 0 aliphatic heterocycles. The zero-order valence-electron chi connectivity index (χ0n) is 15.6. The predicted molar refractivity (Wildman–Crippen MR) is 112 cm³/mol. The van der Waals surface area contributed by atoms with Crippen LogP contribution in [0.3, 0.4) is 0 Å². The molecule has 29 heavy (non-hydrogen) atoms. The fourth-order valence-electron chi connectivity index (χ4n) is 2.66. The van der Waals surface area contributed by atoms with Crippen molar-refractivity contribution in [2.24, 2.45) is 5.14 Å². The molecule has 0 aromatic heterocycles. The third-order valence-electron chi connectivity index (χ3n) is 4.20. The molecule has 6 heteroatoms. The number of primary sulfonamides is 1. The van der Waals surface area contributed by atoms with Crippen molar-refractivity contribution in [3.8, 4) is 11.8 Å². The van der Waals surface area contributed by atoms with Gasteiger partial charge in [-0.2, -0.15) is 0 Å². The quantitative estimate of drug-likeness (QED) is 0.641. The van der Waals surface area contributed by atoms with Gasteiger partial charge < -0.3 is 5.32 Å². The first-order valence-corrected chi connectivity index (χ1v) is 10.5. The molecule has 0 fully saturated rings. The summed E-state index contributed by atoms with van der Waals surface area (Å²) in [4.78, 5) is 12.5. The summed E-state index contributed by atoms with van der Waals surface area (Å²) in [6.07, 6.45) is 0.645. The van der Waals surface area contributed by atoms with Gasteiger partial charge in [0, 0.05) is 24.1 Å². The van der Waals surface area contributed by atoms with Gasteiger partial charge in [0.2, 0.25) is 10.0 Å². The predicted octanol–water partition coefficient (Wildman–Crippen LogP) is 2.86. The molecule has 3 aromatic carbocycles. The van der Waals surface area contributed by atoms with Crippen LogP contribution in [0.5, 0.6) is 0 Å². The van der Waals surface area contributed by atoms with E-state index in [0.29, 0.717) is 12.0 Å². The fourth-order valence-corrected chi connectivity index (χ4v) is 3.18. The van der Waals surface area contributed by atoms with Crippen molar-refractivity contribution in [1.29, 1.82) is 0 Å². The molecule has 5 nitrogen and oxygen atoms in total. The van der Waals surface area contributed by atoms with Gasteiger partial charge in [-0.1, -0.05) is 60.4 Å². The van der Waals surface area contributed by atoms with Gasteiger partial charge in [-0.15, -0.1) is 0 Å². The van der Waals surface area contributed by atoms with Crippen LogP contribution in [0.25, 0.3) is 0 Å². The molecule has 146 valence electrons. The van der Waals surface area contributed by atoms with Crippen LogP contribution in [0, 0.1) is 11.8 Å². The molecule has 0 atom stereocenters. The van der Waals surface area contributed by atoms with E-state index in [1.54, 1.807) is 30.3 Å². The Kier molecular flexibility index (Phi) is 6.45. The lowest BCUT2D eigenvalue weighted by molar-refractivity contribution is 0.0951. The van der Waals surface area contributed by atoms with Crippen molar-refractivity contribution in [2.45, 2.75) is 17.9 Å². The van der Waals surface area contributed by atoms with Gasteiger partial charge >= 0.3 is 0 Å². The van der Waals surface area contributed by atoms with Crippen LogP contribution < -0.4 is 10.5 Å². The number of hydrogen-bond donors (Lipinski definition) is 2. The van der Waals surface area contributed by atoms with Crippen LogP contribution in [0.15, 0.2) is 83.8 Å². The summed E-state index contributed by atoms with van der Waals surface area (Å²) in [5.41, 5.74) is 3.19. The lowest BCUT2D eigenvalue weighted by atomic mass is 10.1. The average Bonchev–Trinajstić information content (AvgIpc) is 2.73. The van der Waals surface area contributed by atoms with Crippen molar-refractivity contribution in [2.75, 3.05) is 0 Å². The van der Waals surface area contributed by atoms with Crippen molar-refractivity contribution >= 4 is 15.9 Å². The van der Waals surface area contributed by atoms with Gasteiger partial charge in [-0.25, -0.2) is 13.6 Å². The minimum absolute atomic E-state index is 0.0364. The lowest BCUT2D eigenvalue weighted by Crippen LogP contribution is -2.22. The molecule has 3 rings (SSSR count). The number of sulfonamides is 1. The van der Waals surface area contributed by atoms with E-state index in [0.717, 1.165) is 16.7 Å². The molecule has 0 unspecified atom stereocenters. The molecule has 0 aliphatic carbocycles. The van der Waals surface area contributed by atoms with Crippen LogP contribution in [0.1, 0.15) is 27.0 Å². The smallest absolute Gasteiger partial charge is 0.251 e. The largest absolute Gasteiger partial charge is 0.348 e. The first kappa shape index (κ1) is 20.3. The Morgan fingerprint density at radius 2 is 1.62 bits per heavy atom. The van der Waals surface area contributed by atoms with Crippen LogP contribution in [0.4, 0.5) is 0 Å². The first-order chi connectivity index (χ1) is 13.9. The summed E-state index contributed by atoms with van der Waals surface area (Å²) in [7, 11) is -3.72. The van der Waals surface area contributed by atoms with Crippen molar-refractivity contribution in [3.05, 3.63) is 101 Å². The maximum absolute atomic E-state index is 12.4. The number of hydrogen-bond acceptors (Lipinski definition) is 3. The number of rotatable bonds is 5. The van der Waals surface area contributed by atoms with Gasteiger partial charge in [0.15, 0.2) is 0 Å². The second-order valence-electron chi connectivity index (χ2n) is 6.42. The Morgan fingerprint density at radius 1 is 0.897 bits per heavy atom. The number of benzene rings is 3. The summed E-state index contributed by atoms with van der Waals surface area (Å²) in [5.74, 6) is 5.97. The Hall–Kier alpha value is -3.40. The Labute approximate surface area is 170 Å². The average molecular weight is 404 g/mol. The van der Waals surface area contributed by atoms with Crippen molar-refractivity contribution in [3.63, 3.8) is 0 Å². The zero-order chi connectivity index (χ0) is 20.7. The van der Waals surface area contributed by atoms with Crippen LogP contribution in [0.2, 0.25) is 0 Å². The summed E-state index contributed by atoms with van der Waals surface area (Å²) in [6, 6.07) is 23.2. The second-order valence-corrected chi connectivity index (χ2v) is 7.98. The Balaban J connectivity index is 1.61. The second kappa shape index (κ2) is 9.20. The molecule has 0 radical (unpaired) electrons. The zero-order valence-corrected chi connectivity index (χ0v) is 16.4. The van der Waals surface area contributed by atoms with E-state index in [1.807, 2.05) is 36.4 Å². The molecule has 0 spiro atoms. The number of nitrogens with one attached hydrogen (secondary N) is 1. The van der Waals surface area contributed by atoms with Gasteiger partial charge in [-0.05, 0) is 41.5 Å². The first-order valence-electron chi connectivity index (χ1n) is 8.94. The van der Waals surface area contributed by atoms with E-state index < -0.39 is 10.0 Å². The minimum Gasteiger partial charge on any atom is -0.348 e. The Morgan fingerprint density at radius 3 is 2.31 bits per heavy atom. The highest BCUT2D eigenvalue weighted by Crippen LogP contribution is 2.09. The van der Waals surface area contributed by atoms with E-state index in [2.05, 4.69) is 17.2 Å². The topological polar surface area (TPSA) is 89.3 Å². The monoisotopic (exact) mass is 404 g/mol. The van der Waals surface area contributed by atoms with E-state index in [9.17, 15) is 13.2 Å². The molecule has 0 heterocycles. The van der Waals surface area contributed by atoms with E-state index in [4.69, 9.17) is 5.14 Å². The third kappa shape index (κ3) is 6.04. The fraction of sp³-hybridized carbons (Fsp3) is 0.0870. The Bertz CT molecular complexity index is 1160. The molecular weight excluding hydrogens is 384 g/mol. The molecule has 1 amide bonds. The summed E-state index contributed by atoms with van der Waals surface area (Å²) in [5, 5.41) is 7.89. The van der Waals surface area contributed by atoms with Gasteiger partial charge in [0.25, 0.3) is 5.91 Å². The van der Waals surface area contributed by atoms with E-state index >= 15 is 0 Å². The lowest BCUT2D eigenvalue weighted by Gasteiger charge is -2.06. The van der Waals surface area contributed by atoms with E-state index in [-0.39, 0.29) is 17.3 Å². The van der Waals surface area contributed by atoms with Crippen LogP contribution in [-0.2, 0) is 23.0 Å². The van der Waals surface area contributed by atoms with Crippen molar-refractivity contribution < 1.29 is 13.2 Å². The summed E-state index contributed by atoms with van der Waals surface area (Å²) in [6.45, 7) is 0.271. The maximum atomic E-state index is 12.4. The normalized spacial score (nSPS) is 10.7. The molecule has 3 N–H and O–H groups in total. The van der Waals surface area contributed by atoms with E-state index in [1.165, 1.54) is 12.1 Å².